The van der Waals surface area contributed by atoms with E-state index in [1.807, 2.05) is 71.9 Å². The van der Waals surface area contributed by atoms with Crippen LogP contribution in [0.1, 0.15) is 108 Å². The highest BCUT2D eigenvalue weighted by atomic mass is 32.1. The number of carboxylic acid groups (broad SMARTS) is 1. The number of aromatic nitrogens is 1. The largest absolute Gasteiger partial charge is 0.481 e. The zero-order valence-electron chi connectivity index (χ0n) is 34.0. The van der Waals surface area contributed by atoms with E-state index in [9.17, 15) is 33.9 Å². The van der Waals surface area contributed by atoms with Crippen LogP contribution in [0.25, 0.3) is 0 Å². The molecule has 0 aliphatic carbocycles. The van der Waals surface area contributed by atoms with E-state index in [1.54, 1.807) is 31.3 Å². The van der Waals surface area contributed by atoms with Gasteiger partial charge in [0, 0.05) is 37.2 Å². The average Bonchev–Trinajstić information content (AvgIpc) is 3.59. The minimum Gasteiger partial charge on any atom is -0.481 e. The summed E-state index contributed by atoms with van der Waals surface area (Å²) in [5.74, 6) is -4.56. The molecule has 6 atom stereocenters. The summed E-state index contributed by atoms with van der Waals surface area (Å²) in [4.78, 5) is 85.7. The number of amides is 3. The number of rotatable bonds is 23. The van der Waals surface area contributed by atoms with Gasteiger partial charge in [-0.15, -0.1) is 11.3 Å². The third kappa shape index (κ3) is 16.1. The number of ether oxygens (including phenoxy) is 2. The Morgan fingerprint density at radius 3 is 2.15 bits per heavy atom. The molecule has 55 heavy (non-hydrogen) atoms. The van der Waals surface area contributed by atoms with E-state index in [0.717, 1.165) is 16.9 Å². The first-order valence-corrected chi connectivity index (χ1v) is 19.8. The van der Waals surface area contributed by atoms with Crippen LogP contribution >= 0.6 is 11.3 Å². The molecule has 0 bridgehead atoms. The van der Waals surface area contributed by atoms with Gasteiger partial charge in [-0.25, -0.2) is 4.98 Å². The number of carboxylic acids is 1. The number of nitrogens with zero attached hydrogens (tertiary/aromatic N) is 3. The molecule has 1 heterocycles. The molecule has 0 saturated heterocycles. The van der Waals surface area contributed by atoms with Crippen molar-refractivity contribution in [1.29, 1.82) is 0 Å². The van der Waals surface area contributed by atoms with E-state index in [0.29, 0.717) is 17.8 Å². The summed E-state index contributed by atoms with van der Waals surface area (Å²) in [6.07, 6.45) is 0.378. The van der Waals surface area contributed by atoms with Crippen molar-refractivity contribution in [3.8, 4) is 0 Å². The van der Waals surface area contributed by atoms with Gasteiger partial charge in [-0.1, -0.05) is 85.2 Å². The van der Waals surface area contributed by atoms with Crippen molar-refractivity contribution < 1.29 is 43.3 Å². The SMILES string of the molecule is CC[C@H](C)C(NC(=O)CN(C)C)C(=O)N(COC(=O)CC(C)C)[C@H](C[C@@H](OC(C)=O)c1nc(C(=O)N[C@@H](Cc2ccccc2)C[C@H](C)C(=O)O)cs1)C(C)C. The Balaban J connectivity index is 2.49. The van der Waals surface area contributed by atoms with Crippen molar-refractivity contribution >= 4 is 47.0 Å². The lowest BCUT2D eigenvalue weighted by molar-refractivity contribution is -0.160. The maximum absolute atomic E-state index is 14.5. The van der Waals surface area contributed by atoms with E-state index in [1.165, 1.54) is 11.8 Å². The zero-order chi connectivity index (χ0) is 41.4. The standard InChI is InChI=1S/C40H61N5O9S/c1-11-26(6)36(43-34(47)21-44(9)10)39(50)45(23-53-35(48)17-24(2)3)32(25(4)5)20-33(54-28(8)46)38-42-31(22-55-38)37(49)41-30(18-27(7)40(51)52)19-29-15-13-12-14-16-29/h12-16,22,24-27,30,32-33,36H,11,17-21,23H2,1-10H3,(H,41,49)(H,43,47)(H,51,52)/t26-,27-,30+,32+,33+,36?/m0/s1. The summed E-state index contributed by atoms with van der Waals surface area (Å²) in [5.41, 5.74) is 0.996. The predicted molar refractivity (Wildman–Crippen MR) is 210 cm³/mol. The fourth-order valence-corrected chi connectivity index (χ4v) is 6.86. The second-order valence-electron chi connectivity index (χ2n) is 15.3. The summed E-state index contributed by atoms with van der Waals surface area (Å²) >= 11 is 1.11. The minimum atomic E-state index is -0.990. The van der Waals surface area contributed by atoms with E-state index < -0.39 is 59.9 Å². The molecule has 0 aliphatic heterocycles. The molecule has 3 amide bonds. The first-order valence-electron chi connectivity index (χ1n) is 18.9. The van der Waals surface area contributed by atoms with Crippen LogP contribution in [-0.2, 0) is 39.9 Å². The zero-order valence-corrected chi connectivity index (χ0v) is 34.8. The molecule has 1 unspecified atom stereocenters. The molecule has 0 radical (unpaired) electrons. The van der Waals surface area contributed by atoms with Crippen molar-refractivity contribution in [3.05, 3.63) is 52.0 Å². The molecule has 1 aromatic heterocycles. The molecule has 15 heteroatoms. The molecule has 306 valence electrons. The molecular formula is C40H61N5O9S. The number of esters is 2. The van der Waals surface area contributed by atoms with E-state index in [4.69, 9.17) is 9.47 Å². The van der Waals surface area contributed by atoms with Crippen LogP contribution in [0, 0.1) is 23.7 Å². The first-order chi connectivity index (χ1) is 25.8. The number of thiazole rings is 1. The molecule has 0 aliphatic rings. The number of hydrogen-bond donors (Lipinski definition) is 3. The number of carbonyl (C=O) groups excluding carboxylic acids is 5. The predicted octanol–water partition coefficient (Wildman–Crippen LogP) is 5.08. The fourth-order valence-electron chi connectivity index (χ4n) is 6.02. The van der Waals surface area contributed by atoms with Gasteiger partial charge in [-0.3, -0.25) is 28.8 Å². The number of likely N-dealkylation sites (N-methyl/N-ethyl adjacent to an activating group) is 1. The highest BCUT2D eigenvalue weighted by Crippen LogP contribution is 2.32. The lowest BCUT2D eigenvalue weighted by Crippen LogP contribution is -2.57. The van der Waals surface area contributed by atoms with Crippen LogP contribution in [0.15, 0.2) is 35.7 Å². The van der Waals surface area contributed by atoms with Gasteiger partial charge in [0.05, 0.1) is 12.5 Å². The summed E-state index contributed by atoms with van der Waals surface area (Å²) in [5, 5.41) is 17.3. The monoisotopic (exact) mass is 787 g/mol. The van der Waals surface area contributed by atoms with Crippen molar-refractivity contribution in [2.75, 3.05) is 27.4 Å². The van der Waals surface area contributed by atoms with Gasteiger partial charge in [-0.05, 0) is 50.3 Å². The highest BCUT2D eigenvalue weighted by molar-refractivity contribution is 7.09. The van der Waals surface area contributed by atoms with Gasteiger partial charge in [0.1, 0.15) is 16.7 Å². The van der Waals surface area contributed by atoms with Crippen molar-refractivity contribution in [2.45, 2.75) is 112 Å². The number of nitrogens with one attached hydrogen (secondary N) is 2. The lowest BCUT2D eigenvalue weighted by atomic mass is 9.93. The van der Waals surface area contributed by atoms with Crippen LogP contribution < -0.4 is 10.6 Å². The lowest BCUT2D eigenvalue weighted by Gasteiger charge is -2.38. The molecule has 0 spiro atoms. The Kier molecular flexibility index (Phi) is 19.5. The van der Waals surface area contributed by atoms with Gasteiger partial charge in [-0.2, -0.15) is 0 Å². The quantitative estimate of drug-likeness (QED) is 0.101. The number of benzene rings is 1. The van der Waals surface area contributed by atoms with Crippen LogP contribution in [0.2, 0.25) is 0 Å². The molecule has 0 fully saturated rings. The van der Waals surface area contributed by atoms with Gasteiger partial charge < -0.3 is 35.0 Å². The summed E-state index contributed by atoms with van der Waals surface area (Å²) < 4.78 is 11.4. The topological polar surface area (TPSA) is 185 Å². The van der Waals surface area contributed by atoms with Crippen molar-refractivity contribution in [2.24, 2.45) is 23.7 Å². The van der Waals surface area contributed by atoms with Gasteiger partial charge in [0.2, 0.25) is 11.8 Å². The van der Waals surface area contributed by atoms with Crippen LogP contribution in [0.5, 0.6) is 0 Å². The van der Waals surface area contributed by atoms with Crippen molar-refractivity contribution in [1.82, 2.24) is 25.4 Å². The number of aliphatic carboxylic acids is 1. The van der Waals surface area contributed by atoms with E-state index >= 15 is 0 Å². The third-order valence-corrected chi connectivity index (χ3v) is 10.1. The molecular weight excluding hydrogens is 727 g/mol. The maximum atomic E-state index is 14.5. The van der Waals surface area contributed by atoms with E-state index in [-0.39, 0.29) is 61.9 Å². The van der Waals surface area contributed by atoms with Gasteiger partial charge in [0.25, 0.3) is 5.91 Å². The van der Waals surface area contributed by atoms with Crippen LogP contribution in [-0.4, -0.2) is 101 Å². The average molecular weight is 788 g/mol. The van der Waals surface area contributed by atoms with Gasteiger partial charge >= 0.3 is 17.9 Å². The molecule has 2 rings (SSSR count). The smallest absolute Gasteiger partial charge is 0.307 e. The second-order valence-corrected chi connectivity index (χ2v) is 16.2. The minimum absolute atomic E-state index is 0.0227. The van der Waals surface area contributed by atoms with E-state index in [2.05, 4.69) is 15.6 Å². The van der Waals surface area contributed by atoms with Crippen LogP contribution in [0.3, 0.4) is 0 Å². The first kappa shape index (κ1) is 46.8. The number of hydrogen-bond acceptors (Lipinski definition) is 11. The summed E-state index contributed by atoms with van der Waals surface area (Å²) in [7, 11) is 3.50. The van der Waals surface area contributed by atoms with Gasteiger partial charge in [0.15, 0.2) is 12.8 Å². The fraction of sp³-hybridized carbons (Fsp3) is 0.625. The Labute approximate surface area is 329 Å². The molecule has 0 saturated carbocycles. The Morgan fingerprint density at radius 1 is 0.945 bits per heavy atom. The molecule has 14 nitrogen and oxygen atoms in total. The molecule has 2 aromatic rings. The Morgan fingerprint density at radius 2 is 1.60 bits per heavy atom. The Bertz CT molecular complexity index is 1560. The highest BCUT2D eigenvalue weighted by Gasteiger charge is 2.38. The summed E-state index contributed by atoms with van der Waals surface area (Å²) in [6.45, 7) is 13.8. The maximum Gasteiger partial charge on any atom is 0.307 e. The van der Waals surface area contributed by atoms with Crippen LogP contribution in [0.4, 0.5) is 0 Å². The normalized spacial score (nSPS) is 14.7. The summed E-state index contributed by atoms with van der Waals surface area (Å²) in [6, 6.07) is 7.32. The van der Waals surface area contributed by atoms with Crippen molar-refractivity contribution in [3.63, 3.8) is 0 Å². The molecule has 1 aromatic carbocycles. The number of carbonyl (C=O) groups is 6. The Hall–Kier alpha value is -4.37. The second kappa shape index (κ2) is 22.9. The third-order valence-electron chi connectivity index (χ3n) is 9.16. The molecule has 3 N–H and O–H groups in total.